The van der Waals surface area contributed by atoms with Gasteiger partial charge in [0.15, 0.2) is 0 Å². The van der Waals surface area contributed by atoms with Crippen LogP contribution in [0.4, 0.5) is 0 Å². The third-order valence-corrected chi connectivity index (χ3v) is 2.73. The molecule has 1 fully saturated rings. The zero-order chi connectivity index (χ0) is 10.8. The fourth-order valence-electron chi connectivity index (χ4n) is 1.90. The Morgan fingerprint density at radius 2 is 2.06 bits per heavy atom. The van der Waals surface area contributed by atoms with E-state index in [4.69, 9.17) is 4.74 Å². The topological polar surface area (TPSA) is 47.0 Å². The lowest BCUT2D eigenvalue weighted by atomic mass is 10.3. The lowest BCUT2D eigenvalue weighted by molar-refractivity contribution is 0.214. The Balaban J connectivity index is 0.00000108. The molecule has 1 aliphatic heterocycles. The van der Waals surface area contributed by atoms with E-state index in [2.05, 4.69) is 15.3 Å². The number of para-hydroxylation sites is 2. The maximum atomic E-state index is 5.75. The van der Waals surface area contributed by atoms with Crippen LogP contribution in [0.5, 0.6) is 5.88 Å². The molecule has 0 bridgehead atoms. The summed E-state index contributed by atoms with van der Waals surface area (Å²) < 4.78 is 5.75. The average molecular weight is 252 g/mol. The first-order valence-electron chi connectivity index (χ1n) is 5.51. The highest BCUT2D eigenvalue weighted by Gasteiger charge is 2.16. The van der Waals surface area contributed by atoms with Gasteiger partial charge < -0.3 is 10.1 Å². The lowest BCUT2D eigenvalue weighted by Crippen LogP contribution is -2.20. The number of rotatable bonds is 2. The Labute approximate surface area is 106 Å². The molecule has 4 nitrogen and oxygen atoms in total. The van der Waals surface area contributed by atoms with Gasteiger partial charge in [-0.15, -0.1) is 12.4 Å². The molecular weight excluding hydrogens is 238 g/mol. The zero-order valence-electron chi connectivity index (χ0n) is 9.30. The first kappa shape index (κ1) is 12.1. The van der Waals surface area contributed by atoms with Crippen molar-refractivity contribution >= 4 is 23.4 Å². The molecule has 2 aromatic rings. The summed E-state index contributed by atoms with van der Waals surface area (Å²) in [5, 5.41) is 3.26. The van der Waals surface area contributed by atoms with E-state index in [1.54, 1.807) is 6.20 Å². The summed E-state index contributed by atoms with van der Waals surface area (Å²) in [7, 11) is 0. The number of nitrogens with one attached hydrogen (secondary N) is 1. The molecule has 1 N–H and O–H groups in total. The second-order valence-electron chi connectivity index (χ2n) is 3.93. The summed E-state index contributed by atoms with van der Waals surface area (Å²) in [5.41, 5.74) is 1.78. The van der Waals surface area contributed by atoms with Crippen molar-refractivity contribution in [1.82, 2.24) is 15.3 Å². The SMILES string of the molecule is Cl.c1ccc2nc(O[C@H]3CCNC3)cnc2c1. The summed E-state index contributed by atoms with van der Waals surface area (Å²) in [6.07, 6.45) is 2.96. The smallest absolute Gasteiger partial charge is 0.233 e. The van der Waals surface area contributed by atoms with Crippen molar-refractivity contribution in [3.8, 4) is 5.88 Å². The van der Waals surface area contributed by atoms with Gasteiger partial charge in [0.1, 0.15) is 6.10 Å². The largest absolute Gasteiger partial charge is 0.472 e. The molecule has 90 valence electrons. The highest BCUT2D eigenvalue weighted by molar-refractivity contribution is 5.85. The summed E-state index contributed by atoms with van der Waals surface area (Å²) >= 11 is 0. The Morgan fingerprint density at radius 1 is 1.24 bits per heavy atom. The molecule has 1 aliphatic rings. The van der Waals surface area contributed by atoms with Gasteiger partial charge in [0.2, 0.25) is 5.88 Å². The number of hydrogen-bond donors (Lipinski definition) is 1. The molecule has 0 unspecified atom stereocenters. The minimum atomic E-state index is 0. The van der Waals surface area contributed by atoms with Crippen LogP contribution in [-0.2, 0) is 0 Å². The van der Waals surface area contributed by atoms with Crippen molar-refractivity contribution in [3.05, 3.63) is 30.5 Å². The van der Waals surface area contributed by atoms with Crippen molar-refractivity contribution < 1.29 is 4.74 Å². The lowest BCUT2D eigenvalue weighted by Gasteiger charge is -2.11. The maximum Gasteiger partial charge on any atom is 0.233 e. The second kappa shape index (κ2) is 5.29. The molecule has 0 saturated carbocycles. The van der Waals surface area contributed by atoms with Gasteiger partial charge >= 0.3 is 0 Å². The number of benzene rings is 1. The minimum absolute atomic E-state index is 0. The van der Waals surface area contributed by atoms with Gasteiger partial charge in [0.25, 0.3) is 0 Å². The second-order valence-corrected chi connectivity index (χ2v) is 3.93. The maximum absolute atomic E-state index is 5.75. The van der Waals surface area contributed by atoms with Crippen LogP contribution in [0, 0.1) is 0 Å². The molecule has 3 rings (SSSR count). The van der Waals surface area contributed by atoms with Crippen LogP contribution in [-0.4, -0.2) is 29.2 Å². The molecule has 0 radical (unpaired) electrons. The van der Waals surface area contributed by atoms with Gasteiger partial charge in [-0.1, -0.05) is 12.1 Å². The van der Waals surface area contributed by atoms with E-state index >= 15 is 0 Å². The summed E-state index contributed by atoms with van der Waals surface area (Å²) in [5.74, 6) is 0.618. The molecule has 0 spiro atoms. The highest BCUT2D eigenvalue weighted by atomic mass is 35.5. The Morgan fingerprint density at radius 3 is 2.82 bits per heavy atom. The molecule has 17 heavy (non-hydrogen) atoms. The first-order valence-corrected chi connectivity index (χ1v) is 5.51. The van der Waals surface area contributed by atoms with E-state index in [-0.39, 0.29) is 18.5 Å². The first-order chi connectivity index (χ1) is 7.92. The molecule has 2 heterocycles. The number of fused-ring (bicyclic) bond motifs is 1. The van der Waals surface area contributed by atoms with Crippen LogP contribution in [0.2, 0.25) is 0 Å². The number of hydrogen-bond acceptors (Lipinski definition) is 4. The molecule has 1 saturated heterocycles. The third-order valence-electron chi connectivity index (χ3n) is 2.73. The Hall–Kier alpha value is -1.39. The van der Waals surface area contributed by atoms with E-state index in [1.165, 1.54) is 0 Å². The van der Waals surface area contributed by atoms with E-state index in [0.717, 1.165) is 30.5 Å². The van der Waals surface area contributed by atoms with Crippen LogP contribution in [0.3, 0.4) is 0 Å². The van der Waals surface area contributed by atoms with Crippen LogP contribution >= 0.6 is 12.4 Å². The van der Waals surface area contributed by atoms with Gasteiger partial charge in [-0.3, -0.25) is 0 Å². The fraction of sp³-hybridized carbons (Fsp3) is 0.333. The van der Waals surface area contributed by atoms with Crippen LogP contribution in [0.1, 0.15) is 6.42 Å². The van der Waals surface area contributed by atoms with E-state index in [0.29, 0.717) is 5.88 Å². The molecule has 1 aromatic carbocycles. The van der Waals surface area contributed by atoms with Crippen LogP contribution in [0.15, 0.2) is 30.5 Å². The fourth-order valence-corrected chi connectivity index (χ4v) is 1.90. The van der Waals surface area contributed by atoms with Crippen LogP contribution in [0.25, 0.3) is 11.0 Å². The quantitative estimate of drug-likeness (QED) is 0.884. The van der Waals surface area contributed by atoms with E-state index in [9.17, 15) is 0 Å². The number of nitrogens with zero attached hydrogens (tertiary/aromatic N) is 2. The van der Waals surface area contributed by atoms with Gasteiger partial charge in [-0.25, -0.2) is 9.97 Å². The third kappa shape index (κ3) is 2.65. The number of ether oxygens (including phenoxy) is 1. The van der Waals surface area contributed by atoms with Crippen molar-refractivity contribution in [2.45, 2.75) is 12.5 Å². The summed E-state index contributed by atoms with van der Waals surface area (Å²) in [6, 6.07) is 7.81. The van der Waals surface area contributed by atoms with Crippen molar-refractivity contribution in [1.29, 1.82) is 0 Å². The molecule has 1 aromatic heterocycles. The highest BCUT2D eigenvalue weighted by Crippen LogP contribution is 2.15. The number of halogens is 1. The molecule has 1 atom stereocenters. The molecule has 5 heteroatoms. The van der Waals surface area contributed by atoms with Crippen molar-refractivity contribution in [3.63, 3.8) is 0 Å². The van der Waals surface area contributed by atoms with Crippen LogP contribution < -0.4 is 10.1 Å². The number of aromatic nitrogens is 2. The Bertz CT molecular complexity index is 500. The normalized spacial score (nSPS) is 18.9. The zero-order valence-corrected chi connectivity index (χ0v) is 10.1. The van der Waals surface area contributed by atoms with Gasteiger partial charge in [0, 0.05) is 6.54 Å². The van der Waals surface area contributed by atoms with Gasteiger partial charge in [-0.2, -0.15) is 0 Å². The monoisotopic (exact) mass is 251 g/mol. The summed E-state index contributed by atoms with van der Waals surface area (Å²) in [4.78, 5) is 8.74. The van der Waals surface area contributed by atoms with E-state index < -0.39 is 0 Å². The van der Waals surface area contributed by atoms with E-state index in [1.807, 2.05) is 24.3 Å². The predicted molar refractivity (Wildman–Crippen MR) is 68.7 cm³/mol. The van der Waals surface area contributed by atoms with Crippen molar-refractivity contribution in [2.75, 3.05) is 13.1 Å². The molecular formula is C12H14ClN3O. The standard InChI is InChI=1S/C12H13N3O.ClH/c1-2-4-11-10(3-1)14-8-12(15-11)16-9-5-6-13-7-9;/h1-4,8-9,13H,5-7H2;1H/t9-;/m0./s1. The van der Waals surface area contributed by atoms with Gasteiger partial charge in [0.05, 0.1) is 17.2 Å². The predicted octanol–water partition coefficient (Wildman–Crippen LogP) is 1.79. The summed E-state index contributed by atoms with van der Waals surface area (Å²) in [6.45, 7) is 1.92. The Kier molecular flexibility index (Phi) is 3.76. The molecule has 0 amide bonds. The molecule has 0 aliphatic carbocycles. The average Bonchev–Trinajstić information content (AvgIpc) is 2.82. The van der Waals surface area contributed by atoms with Gasteiger partial charge in [-0.05, 0) is 25.1 Å². The minimum Gasteiger partial charge on any atom is -0.472 e. The van der Waals surface area contributed by atoms with Crippen molar-refractivity contribution in [2.24, 2.45) is 0 Å².